The van der Waals surface area contributed by atoms with E-state index >= 15 is 0 Å². The van der Waals surface area contributed by atoms with Gasteiger partial charge in [-0.25, -0.2) is 0 Å². The number of piperazine rings is 1. The molecule has 0 aromatic heterocycles. The van der Waals surface area contributed by atoms with E-state index in [0.717, 1.165) is 25.7 Å². The molecule has 0 radical (unpaired) electrons. The lowest BCUT2D eigenvalue weighted by Crippen LogP contribution is -2.55. The van der Waals surface area contributed by atoms with Crippen LogP contribution in [0.5, 0.6) is 0 Å². The van der Waals surface area contributed by atoms with Crippen molar-refractivity contribution in [1.29, 1.82) is 0 Å². The summed E-state index contributed by atoms with van der Waals surface area (Å²) in [6.07, 6.45) is 5.37. The second-order valence-electron chi connectivity index (χ2n) is 7.69. The maximum atomic E-state index is 12.8. The van der Waals surface area contributed by atoms with Gasteiger partial charge < -0.3 is 5.32 Å². The Hall–Kier alpha value is -0.700. The first-order chi connectivity index (χ1) is 11.8. The fourth-order valence-corrected chi connectivity index (χ4v) is 5.09. The SMILES string of the molecule is CC(C)CNC(=O)CN1CCN(S(=O)(=O)N(C)C2CCCCC2)CC1. The van der Waals surface area contributed by atoms with Crippen molar-refractivity contribution in [3.63, 3.8) is 0 Å². The lowest BCUT2D eigenvalue weighted by atomic mass is 9.96. The Kier molecular flexibility index (Phi) is 7.67. The molecule has 0 aromatic carbocycles. The molecule has 1 saturated heterocycles. The van der Waals surface area contributed by atoms with Crippen LogP contribution < -0.4 is 5.32 Å². The lowest BCUT2D eigenvalue weighted by molar-refractivity contribution is -0.122. The second-order valence-corrected chi connectivity index (χ2v) is 9.68. The summed E-state index contributed by atoms with van der Waals surface area (Å²) in [6.45, 7) is 7.27. The van der Waals surface area contributed by atoms with Crippen molar-refractivity contribution >= 4 is 16.1 Å². The van der Waals surface area contributed by atoms with Gasteiger partial charge in [0.2, 0.25) is 5.91 Å². The summed E-state index contributed by atoms with van der Waals surface area (Å²) in [7, 11) is -1.68. The first kappa shape index (κ1) is 20.6. The Balaban J connectivity index is 1.81. The number of carbonyl (C=O) groups excluding carboxylic acids is 1. The van der Waals surface area contributed by atoms with Crippen LogP contribution in [0.3, 0.4) is 0 Å². The minimum absolute atomic E-state index is 0.0179. The molecule has 1 aliphatic carbocycles. The van der Waals surface area contributed by atoms with Crippen molar-refractivity contribution in [1.82, 2.24) is 18.8 Å². The minimum Gasteiger partial charge on any atom is -0.355 e. The van der Waals surface area contributed by atoms with Crippen molar-refractivity contribution in [2.45, 2.75) is 52.0 Å². The lowest BCUT2D eigenvalue weighted by Gasteiger charge is -2.38. The van der Waals surface area contributed by atoms with E-state index in [1.807, 2.05) is 4.90 Å². The van der Waals surface area contributed by atoms with Gasteiger partial charge in [0.05, 0.1) is 6.54 Å². The smallest absolute Gasteiger partial charge is 0.282 e. The largest absolute Gasteiger partial charge is 0.355 e. The molecule has 2 aliphatic rings. The topological polar surface area (TPSA) is 73.0 Å². The van der Waals surface area contributed by atoms with E-state index in [1.165, 1.54) is 6.42 Å². The molecule has 146 valence electrons. The van der Waals surface area contributed by atoms with E-state index in [1.54, 1.807) is 15.7 Å². The predicted molar refractivity (Wildman–Crippen MR) is 99.4 cm³/mol. The molecule has 1 aliphatic heterocycles. The van der Waals surface area contributed by atoms with E-state index < -0.39 is 10.2 Å². The Morgan fingerprint density at radius 3 is 2.28 bits per heavy atom. The molecule has 1 heterocycles. The van der Waals surface area contributed by atoms with Crippen molar-refractivity contribution in [3.8, 4) is 0 Å². The number of hydrogen-bond donors (Lipinski definition) is 1. The van der Waals surface area contributed by atoms with Crippen LogP contribution in [0.15, 0.2) is 0 Å². The minimum atomic E-state index is -3.40. The van der Waals surface area contributed by atoms with Gasteiger partial charge in [0.15, 0.2) is 0 Å². The van der Waals surface area contributed by atoms with E-state index in [4.69, 9.17) is 0 Å². The highest BCUT2D eigenvalue weighted by Gasteiger charge is 2.34. The summed E-state index contributed by atoms with van der Waals surface area (Å²) in [5.41, 5.74) is 0. The zero-order valence-corrected chi connectivity index (χ0v) is 16.7. The summed E-state index contributed by atoms with van der Waals surface area (Å²) < 4.78 is 28.8. The molecule has 0 unspecified atom stereocenters. The van der Waals surface area contributed by atoms with Gasteiger partial charge >= 0.3 is 0 Å². The Morgan fingerprint density at radius 1 is 1.12 bits per heavy atom. The average Bonchev–Trinajstić information content (AvgIpc) is 2.60. The number of nitrogens with zero attached hydrogens (tertiary/aromatic N) is 3. The predicted octanol–water partition coefficient (Wildman–Crippen LogP) is 0.886. The number of carbonyl (C=O) groups is 1. The molecule has 1 amide bonds. The van der Waals surface area contributed by atoms with Crippen molar-refractivity contribution in [2.24, 2.45) is 5.92 Å². The fraction of sp³-hybridized carbons (Fsp3) is 0.941. The maximum absolute atomic E-state index is 12.8. The molecular formula is C17H34N4O3S. The van der Waals surface area contributed by atoms with Crippen LogP contribution in [0.2, 0.25) is 0 Å². The molecule has 1 saturated carbocycles. The Labute approximate surface area is 152 Å². The van der Waals surface area contributed by atoms with E-state index in [-0.39, 0.29) is 11.9 Å². The summed E-state index contributed by atoms with van der Waals surface area (Å²) >= 11 is 0. The van der Waals surface area contributed by atoms with Crippen LogP contribution in [0, 0.1) is 5.92 Å². The van der Waals surface area contributed by atoms with Gasteiger partial charge in [-0.2, -0.15) is 17.0 Å². The molecule has 8 heteroatoms. The number of amides is 1. The first-order valence-corrected chi connectivity index (χ1v) is 10.9. The second kappa shape index (κ2) is 9.30. The number of nitrogens with one attached hydrogen (secondary N) is 1. The monoisotopic (exact) mass is 374 g/mol. The molecule has 2 fully saturated rings. The molecular weight excluding hydrogens is 340 g/mol. The number of rotatable bonds is 7. The third-order valence-corrected chi connectivity index (χ3v) is 7.23. The average molecular weight is 375 g/mol. The van der Waals surface area contributed by atoms with Gasteiger partial charge in [0.25, 0.3) is 10.2 Å². The standard InChI is InChI=1S/C17H34N4O3S/c1-15(2)13-18-17(22)14-20-9-11-21(12-10-20)25(23,24)19(3)16-7-5-4-6-8-16/h15-16H,4-14H2,1-3H3,(H,18,22). The normalized spacial score (nSPS) is 21.8. The molecule has 0 bridgehead atoms. The first-order valence-electron chi connectivity index (χ1n) is 9.53. The molecule has 0 aromatic rings. The molecule has 0 atom stereocenters. The third-order valence-electron chi connectivity index (χ3n) is 5.19. The van der Waals surface area contributed by atoms with E-state index in [2.05, 4.69) is 19.2 Å². The summed E-state index contributed by atoms with van der Waals surface area (Å²) in [5.74, 6) is 0.450. The quantitative estimate of drug-likeness (QED) is 0.718. The highest BCUT2D eigenvalue weighted by molar-refractivity contribution is 7.86. The van der Waals surface area contributed by atoms with Gasteiger partial charge in [0.1, 0.15) is 0 Å². The van der Waals surface area contributed by atoms with Gasteiger partial charge in [-0.15, -0.1) is 0 Å². The van der Waals surface area contributed by atoms with Crippen LogP contribution in [0.25, 0.3) is 0 Å². The highest BCUT2D eigenvalue weighted by atomic mass is 32.2. The van der Waals surface area contributed by atoms with Crippen LogP contribution in [0.1, 0.15) is 46.0 Å². The van der Waals surface area contributed by atoms with Gasteiger partial charge in [-0.05, 0) is 18.8 Å². The van der Waals surface area contributed by atoms with Crippen LogP contribution in [0.4, 0.5) is 0 Å². The van der Waals surface area contributed by atoms with E-state index in [9.17, 15) is 13.2 Å². The molecule has 1 N–H and O–H groups in total. The molecule has 7 nitrogen and oxygen atoms in total. The Bertz CT molecular complexity index is 524. The Morgan fingerprint density at radius 2 is 1.72 bits per heavy atom. The van der Waals surface area contributed by atoms with Crippen LogP contribution >= 0.6 is 0 Å². The number of hydrogen-bond acceptors (Lipinski definition) is 4. The molecule has 2 rings (SSSR count). The van der Waals surface area contributed by atoms with Gasteiger partial charge in [-0.1, -0.05) is 33.1 Å². The van der Waals surface area contributed by atoms with Gasteiger partial charge in [0, 0.05) is 45.8 Å². The molecule has 0 spiro atoms. The zero-order chi connectivity index (χ0) is 18.4. The van der Waals surface area contributed by atoms with Crippen molar-refractivity contribution in [2.75, 3.05) is 46.3 Å². The van der Waals surface area contributed by atoms with Crippen molar-refractivity contribution in [3.05, 3.63) is 0 Å². The summed E-state index contributed by atoms with van der Waals surface area (Å²) in [4.78, 5) is 13.9. The van der Waals surface area contributed by atoms with E-state index in [0.29, 0.717) is 45.2 Å². The maximum Gasteiger partial charge on any atom is 0.282 e. The third kappa shape index (κ3) is 5.91. The van der Waals surface area contributed by atoms with Crippen LogP contribution in [-0.2, 0) is 15.0 Å². The van der Waals surface area contributed by atoms with Crippen LogP contribution in [-0.4, -0.2) is 80.2 Å². The van der Waals surface area contributed by atoms with Crippen molar-refractivity contribution < 1.29 is 13.2 Å². The fourth-order valence-electron chi connectivity index (χ4n) is 3.51. The molecule has 25 heavy (non-hydrogen) atoms. The summed E-state index contributed by atoms with van der Waals surface area (Å²) in [6, 6.07) is 0.138. The zero-order valence-electron chi connectivity index (χ0n) is 15.9. The highest BCUT2D eigenvalue weighted by Crippen LogP contribution is 2.25. The summed E-state index contributed by atoms with van der Waals surface area (Å²) in [5, 5.41) is 2.91. The van der Waals surface area contributed by atoms with Gasteiger partial charge in [-0.3, -0.25) is 9.69 Å².